The summed E-state index contributed by atoms with van der Waals surface area (Å²) in [4.78, 5) is 24.1. The van der Waals surface area contributed by atoms with Gasteiger partial charge in [-0.2, -0.15) is 0 Å². The van der Waals surface area contributed by atoms with E-state index in [-0.39, 0.29) is 5.91 Å². The molecule has 6 nitrogen and oxygen atoms in total. The Kier molecular flexibility index (Phi) is 6.60. The molecule has 0 saturated heterocycles. The fraction of sp³-hybridized carbons (Fsp3) is 0.176. The number of hydrogen-bond donors (Lipinski definition) is 2. The summed E-state index contributed by atoms with van der Waals surface area (Å²) in [7, 11) is 0. The number of anilines is 2. The molecule has 0 aliphatic rings. The second-order valence-electron chi connectivity index (χ2n) is 5.23. The molecular formula is C17H18BrN5OS. The van der Waals surface area contributed by atoms with Crippen molar-refractivity contribution in [1.29, 1.82) is 0 Å². The predicted octanol–water partition coefficient (Wildman–Crippen LogP) is 4.14. The van der Waals surface area contributed by atoms with Crippen LogP contribution in [-0.2, 0) is 0 Å². The van der Waals surface area contributed by atoms with E-state index >= 15 is 0 Å². The van der Waals surface area contributed by atoms with Crippen molar-refractivity contribution in [2.24, 2.45) is 0 Å². The molecule has 0 bridgehead atoms. The summed E-state index contributed by atoms with van der Waals surface area (Å²) < 4.78 is 0.748. The van der Waals surface area contributed by atoms with Crippen molar-refractivity contribution in [3.8, 4) is 0 Å². The molecule has 0 fully saturated rings. The molecule has 0 aliphatic carbocycles. The first-order chi connectivity index (χ1) is 11.8. The number of nitrogens with one attached hydrogen (secondary N) is 1. The zero-order chi connectivity index (χ0) is 18.4. The van der Waals surface area contributed by atoms with Gasteiger partial charge in [-0.1, -0.05) is 0 Å². The molecule has 0 unspecified atom stereocenters. The van der Waals surface area contributed by atoms with Crippen molar-refractivity contribution < 1.29 is 4.79 Å². The van der Waals surface area contributed by atoms with E-state index in [9.17, 15) is 4.79 Å². The number of thiazole rings is 1. The van der Waals surface area contributed by atoms with Crippen LogP contribution in [0, 0.1) is 20.8 Å². The first-order valence-corrected chi connectivity index (χ1v) is 9.01. The van der Waals surface area contributed by atoms with Crippen LogP contribution in [0.25, 0.3) is 0 Å². The SMILES string of the molecule is Cc1cc(N)ccn1.Cc1cc(NC(=O)c2nc(C)sc2Br)ccn1. The van der Waals surface area contributed by atoms with Gasteiger partial charge in [-0.05, 0) is 61.0 Å². The molecule has 0 atom stereocenters. The first kappa shape index (κ1) is 19.0. The average molecular weight is 420 g/mol. The van der Waals surface area contributed by atoms with E-state index in [0.717, 1.165) is 31.6 Å². The first-order valence-electron chi connectivity index (χ1n) is 7.40. The topological polar surface area (TPSA) is 93.8 Å². The molecule has 3 aromatic heterocycles. The molecule has 3 heterocycles. The van der Waals surface area contributed by atoms with Crippen molar-refractivity contribution >= 4 is 44.5 Å². The molecule has 0 spiro atoms. The van der Waals surface area contributed by atoms with E-state index in [0.29, 0.717) is 5.69 Å². The summed E-state index contributed by atoms with van der Waals surface area (Å²) in [5.41, 5.74) is 9.16. The number of pyridine rings is 2. The van der Waals surface area contributed by atoms with Crippen LogP contribution in [0.15, 0.2) is 40.4 Å². The third-order valence-electron chi connectivity index (χ3n) is 2.98. The van der Waals surface area contributed by atoms with E-state index in [1.54, 1.807) is 24.5 Å². The number of nitrogens with two attached hydrogens (primary N) is 1. The van der Waals surface area contributed by atoms with Crippen molar-refractivity contribution in [2.45, 2.75) is 20.8 Å². The lowest BCUT2D eigenvalue weighted by Gasteiger charge is -2.03. The van der Waals surface area contributed by atoms with Gasteiger partial charge in [-0.3, -0.25) is 14.8 Å². The highest BCUT2D eigenvalue weighted by atomic mass is 79.9. The van der Waals surface area contributed by atoms with Gasteiger partial charge in [0.25, 0.3) is 5.91 Å². The number of aryl methyl sites for hydroxylation is 3. The quantitative estimate of drug-likeness (QED) is 0.650. The van der Waals surface area contributed by atoms with Crippen LogP contribution in [0.1, 0.15) is 26.9 Å². The zero-order valence-corrected chi connectivity index (χ0v) is 16.5. The third kappa shape index (κ3) is 5.91. The highest BCUT2D eigenvalue weighted by Gasteiger charge is 2.15. The number of nitrogens with zero attached hydrogens (tertiary/aromatic N) is 3. The van der Waals surface area contributed by atoms with Crippen molar-refractivity contribution in [3.05, 3.63) is 62.5 Å². The summed E-state index contributed by atoms with van der Waals surface area (Å²) in [5, 5.41) is 3.64. The van der Waals surface area contributed by atoms with Gasteiger partial charge in [0.2, 0.25) is 0 Å². The Labute approximate surface area is 158 Å². The smallest absolute Gasteiger partial charge is 0.276 e. The molecule has 3 N–H and O–H groups in total. The number of amides is 1. The van der Waals surface area contributed by atoms with E-state index in [4.69, 9.17) is 5.73 Å². The Morgan fingerprint density at radius 2 is 1.76 bits per heavy atom. The van der Waals surface area contributed by atoms with Crippen LogP contribution in [0.5, 0.6) is 0 Å². The average Bonchev–Trinajstić information content (AvgIpc) is 2.86. The van der Waals surface area contributed by atoms with Crippen LogP contribution < -0.4 is 11.1 Å². The number of aromatic nitrogens is 3. The van der Waals surface area contributed by atoms with Gasteiger partial charge in [0.1, 0.15) is 3.79 Å². The van der Waals surface area contributed by atoms with Gasteiger partial charge < -0.3 is 11.1 Å². The minimum atomic E-state index is -0.216. The highest BCUT2D eigenvalue weighted by Crippen LogP contribution is 2.25. The number of nitrogen functional groups attached to an aromatic ring is 1. The summed E-state index contributed by atoms with van der Waals surface area (Å²) >= 11 is 4.77. The van der Waals surface area contributed by atoms with Gasteiger partial charge in [0, 0.05) is 35.2 Å². The molecule has 3 rings (SSSR count). The molecule has 0 saturated carbocycles. The second-order valence-corrected chi connectivity index (χ2v) is 7.75. The fourth-order valence-corrected chi connectivity index (χ4v) is 3.53. The maximum atomic E-state index is 11.9. The van der Waals surface area contributed by atoms with E-state index < -0.39 is 0 Å². The monoisotopic (exact) mass is 419 g/mol. The van der Waals surface area contributed by atoms with Crippen molar-refractivity contribution in [1.82, 2.24) is 15.0 Å². The van der Waals surface area contributed by atoms with Gasteiger partial charge in [0.05, 0.1) is 5.01 Å². The van der Waals surface area contributed by atoms with Gasteiger partial charge in [-0.15, -0.1) is 11.3 Å². The van der Waals surface area contributed by atoms with Crippen LogP contribution in [0.4, 0.5) is 11.4 Å². The molecule has 0 aliphatic heterocycles. The number of halogens is 1. The highest BCUT2D eigenvalue weighted by molar-refractivity contribution is 9.11. The molecule has 25 heavy (non-hydrogen) atoms. The Hall–Kier alpha value is -2.32. The fourth-order valence-electron chi connectivity index (χ4n) is 1.92. The molecule has 130 valence electrons. The lowest BCUT2D eigenvalue weighted by atomic mass is 10.3. The Morgan fingerprint density at radius 1 is 1.12 bits per heavy atom. The summed E-state index contributed by atoms with van der Waals surface area (Å²) in [6, 6.07) is 7.16. The maximum absolute atomic E-state index is 11.9. The number of rotatable bonds is 2. The minimum absolute atomic E-state index is 0.216. The Morgan fingerprint density at radius 3 is 2.24 bits per heavy atom. The summed E-state index contributed by atoms with van der Waals surface area (Å²) in [6.07, 6.45) is 3.36. The third-order valence-corrected chi connectivity index (χ3v) is 4.60. The van der Waals surface area contributed by atoms with E-state index in [2.05, 4.69) is 36.2 Å². The molecule has 8 heteroatoms. The zero-order valence-electron chi connectivity index (χ0n) is 14.1. The number of carbonyl (C=O) groups is 1. The summed E-state index contributed by atoms with van der Waals surface area (Å²) in [6.45, 7) is 5.65. The molecule has 3 aromatic rings. The molecule has 0 radical (unpaired) electrons. The standard InChI is InChI=1S/C11H10BrN3OS.C6H8N2/c1-6-5-8(3-4-13-6)15-11(16)9-10(12)17-7(2)14-9;1-5-4-6(7)2-3-8-5/h3-5H,1-2H3,(H,13,15,16);2-4H,1H3,(H2,7,8). The largest absolute Gasteiger partial charge is 0.399 e. The van der Waals surface area contributed by atoms with Crippen molar-refractivity contribution in [3.63, 3.8) is 0 Å². The summed E-state index contributed by atoms with van der Waals surface area (Å²) in [5.74, 6) is -0.216. The van der Waals surface area contributed by atoms with Crippen LogP contribution >= 0.6 is 27.3 Å². The maximum Gasteiger partial charge on any atom is 0.276 e. The van der Waals surface area contributed by atoms with Crippen LogP contribution in [0.3, 0.4) is 0 Å². The lowest BCUT2D eigenvalue weighted by molar-refractivity contribution is 0.102. The minimum Gasteiger partial charge on any atom is -0.399 e. The van der Waals surface area contributed by atoms with Crippen LogP contribution in [0.2, 0.25) is 0 Å². The number of hydrogen-bond acceptors (Lipinski definition) is 6. The Balaban J connectivity index is 0.000000236. The van der Waals surface area contributed by atoms with Gasteiger partial charge in [-0.25, -0.2) is 4.98 Å². The lowest BCUT2D eigenvalue weighted by Crippen LogP contribution is -2.13. The predicted molar refractivity (Wildman–Crippen MR) is 105 cm³/mol. The molecule has 1 amide bonds. The number of carbonyl (C=O) groups excluding carboxylic acids is 1. The van der Waals surface area contributed by atoms with Gasteiger partial charge >= 0.3 is 0 Å². The normalized spacial score (nSPS) is 9.92. The van der Waals surface area contributed by atoms with Gasteiger partial charge in [0.15, 0.2) is 5.69 Å². The van der Waals surface area contributed by atoms with Crippen LogP contribution in [-0.4, -0.2) is 20.9 Å². The van der Waals surface area contributed by atoms with Crippen molar-refractivity contribution in [2.75, 3.05) is 11.1 Å². The second kappa shape index (κ2) is 8.68. The van der Waals surface area contributed by atoms with E-state index in [1.165, 1.54) is 11.3 Å². The van der Waals surface area contributed by atoms with E-state index in [1.807, 2.05) is 32.9 Å². The molecule has 0 aromatic carbocycles. The molecular weight excluding hydrogens is 402 g/mol. The Bertz CT molecular complexity index is 864.